The van der Waals surface area contributed by atoms with Gasteiger partial charge >= 0.3 is 0 Å². The van der Waals surface area contributed by atoms with Crippen LogP contribution in [0.15, 0.2) is 9.85 Å². The fourth-order valence-electron chi connectivity index (χ4n) is 2.79. The van der Waals surface area contributed by atoms with Crippen molar-refractivity contribution in [2.24, 2.45) is 5.92 Å². The summed E-state index contributed by atoms with van der Waals surface area (Å²) in [4.78, 5) is 1.63. The molecule has 3 heteroatoms. The van der Waals surface area contributed by atoms with Crippen molar-refractivity contribution in [1.82, 2.24) is 5.32 Å². The summed E-state index contributed by atoms with van der Waals surface area (Å²) in [6.45, 7) is 4.77. The molecule has 1 saturated heterocycles. The first-order chi connectivity index (χ1) is 6.27. The summed E-state index contributed by atoms with van der Waals surface area (Å²) >= 11 is 5.51. The molecule has 3 unspecified atom stereocenters. The summed E-state index contributed by atoms with van der Waals surface area (Å²) in [6.07, 6.45) is 0. The Kier molecular flexibility index (Phi) is 1.83. The Morgan fingerprint density at radius 3 is 3.23 bits per heavy atom. The lowest BCUT2D eigenvalue weighted by atomic mass is 9.92. The molecular formula is C10H12BrNS. The first kappa shape index (κ1) is 8.45. The van der Waals surface area contributed by atoms with E-state index < -0.39 is 0 Å². The molecule has 2 heterocycles. The van der Waals surface area contributed by atoms with E-state index in [1.807, 2.05) is 11.3 Å². The maximum absolute atomic E-state index is 3.58. The molecule has 1 aliphatic carbocycles. The van der Waals surface area contributed by atoms with E-state index in [4.69, 9.17) is 0 Å². The van der Waals surface area contributed by atoms with Crippen LogP contribution < -0.4 is 5.32 Å². The minimum absolute atomic E-state index is 0.770. The third-order valence-corrected chi connectivity index (χ3v) is 5.33. The highest BCUT2D eigenvalue weighted by Crippen LogP contribution is 2.52. The van der Waals surface area contributed by atoms with Crippen molar-refractivity contribution in [3.63, 3.8) is 0 Å². The molecule has 0 bridgehead atoms. The van der Waals surface area contributed by atoms with Gasteiger partial charge in [0.2, 0.25) is 0 Å². The molecule has 0 aromatic carbocycles. The lowest BCUT2D eigenvalue weighted by Crippen LogP contribution is -2.12. The number of rotatable bonds is 0. The summed E-state index contributed by atoms with van der Waals surface area (Å²) in [5.74, 6) is 2.44. The molecule has 1 fully saturated rings. The van der Waals surface area contributed by atoms with Gasteiger partial charge in [-0.3, -0.25) is 0 Å². The predicted octanol–water partition coefficient (Wildman–Crippen LogP) is 2.93. The predicted molar refractivity (Wildman–Crippen MR) is 59.5 cm³/mol. The van der Waals surface area contributed by atoms with Gasteiger partial charge in [-0.25, -0.2) is 0 Å². The maximum Gasteiger partial charge on any atom is 0.0704 e. The second-order valence-electron chi connectivity index (χ2n) is 4.09. The lowest BCUT2D eigenvalue weighted by Gasteiger charge is -2.12. The van der Waals surface area contributed by atoms with E-state index in [2.05, 4.69) is 34.2 Å². The normalized spacial score (nSPS) is 36.3. The Morgan fingerprint density at radius 1 is 1.54 bits per heavy atom. The molecule has 0 spiro atoms. The van der Waals surface area contributed by atoms with Gasteiger partial charge in [0.25, 0.3) is 0 Å². The number of hydrogen-bond donors (Lipinski definition) is 1. The van der Waals surface area contributed by atoms with Gasteiger partial charge in [-0.1, -0.05) is 6.92 Å². The van der Waals surface area contributed by atoms with Crippen LogP contribution in [0.3, 0.4) is 0 Å². The topological polar surface area (TPSA) is 12.0 Å². The molecule has 13 heavy (non-hydrogen) atoms. The number of nitrogens with one attached hydrogen (secondary N) is 1. The van der Waals surface area contributed by atoms with Crippen LogP contribution in [0.2, 0.25) is 0 Å². The highest BCUT2D eigenvalue weighted by molar-refractivity contribution is 9.11. The molecule has 1 aromatic heterocycles. The van der Waals surface area contributed by atoms with E-state index in [0.717, 1.165) is 17.8 Å². The van der Waals surface area contributed by atoms with Crippen molar-refractivity contribution < 1.29 is 0 Å². The number of hydrogen-bond acceptors (Lipinski definition) is 2. The first-order valence-electron chi connectivity index (χ1n) is 4.77. The summed E-state index contributed by atoms with van der Waals surface area (Å²) in [5.41, 5.74) is 1.61. The quantitative estimate of drug-likeness (QED) is 0.754. The Balaban J connectivity index is 2.11. The van der Waals surface area contributed by atoms with Gasteiger partial charge in [-0.2, -0.15) is 0 Å². The van der Waals surface area contributed by atoms with E-state index >= 15 is 0 Å². The molecule has 3 rings (SSSR count). The maximum atomic E-state index is 3.58. The van der Waals surface area contributed by atoms with Gasteiger partial charge in [0.15, 0.2) is 0 Å². The van der Waals surface area contributed by atoms with E-state index in [-0.39, 0.29) is 0 Å². The molecule has 1 aromatic rings. The Morgan fingerprint density at radius 2 is 2.38 bits per heavy atom. The monoisotopic (exact) mass is 257 g/mol. The van der Waals surface area contributed by atoms with Crippen LogP contribution in [0.25, 0.3) is 0 Å². The summed E-state index contributed by atoms with van der Waals surface area (Å²) in [6, 6.07) is 2.33. The average Bonchev–Trinajstić information content (AvgIpc) is 2.70. The van der Waals surface area contributed by atoms with Crippen molar-refractivity contribution in [3.05, 3.63) is 20.3 Å². The van der Waals surface area contributed by atoms with Crippen LogP contribution in [0.4, 0.5) is 0 Å². The molecule has 3 atom stereocenters. The molecule has 0 saturated carbocycles. The highest BCUT2D eigenvalue weighted by Gasteiger charge is 2.42. The Bertz CT molecular complexity index is 347. The van der Waals surface area contributed by atoms with Gasteiger partial charge in [-0.05, 0) is 45.9 Å². The van der Waals surface area contributed by atoms with Crippen LogP contribution in [0, 0.1) is 5.92 Å². The molecule has 1 nitrogen and oxygen atoms in total. The number of thiophene rings is 1. The van der Waals surface area contributed by atoms with E-state index in [1.165, 1.54) is 16.9 Å². The fourth-order valence-corrected chi connectivity index (χ4v) is 4.65. The average molecular weight is 258 g/mol. The Labute approximate surface area is 90.7 Å². The van der Waals surface area contributed by atoms with E-state index in [0.29, 0.717) is 0 Å². The van der Waals surface area contributed by atoms with Crippen molar-refractivity contribution in [2.45, 2.75) is 18.8 Å². The summed E-state index contributed by atoms with van der Waals surface area (Å²) < 4.78 is 1.30. The fraction of sp³-hybridized carbons (Fsp3) is 0.600. The first-order valence-corrected chi connectivity index (χ1v) is 6.38. The van der Waals surface area contributed by atoms with Gasteiger partial charge in [0, 0.05) is 17.3 Å². The van der Waals surface area contributed by atoms with Crippen LogP contribution in [-0.2, 0) is 0 Å². The highest BCUT2D eigenvalue weighted by atomic mass is 79.9. The third kappa shape index (κ3) is 1.07. The molecule has 70 valence electrons. The van der Waals surface area contributed by atoms with Gasteiger partial charge in [-0.15, -0.1) is 11.3 Å². The lowest BCUT2D eigenvalue weighted by molar-refractivity contribution is 0.489. The van der Waals surface area contributed by atoms with Gasteiger partial charge in [0.1, 0.15) is 0 Å². The van der Waals surface area contributed by atoms with Gasteiger partial charge < -0.3 is 5.32 Å². The third-order valence-electron chi connectivity index (χ3n) is 3.48. The molecule has 0 radical (unpaired) electrons. The van der Waals surface area contributed by atoms with Crippen molar-refractivity contribution >= 4 is 27.3 Å². The van der Waals surface area contributed by atoms with Crippen molar-refractivity contribution in [2.75, 3.05) is 13.1 Å². The van der Waals surface area contributed by atoms with Crippen molar-refractivity contribution in [1.29, 1.82) is 0 Å². The number of halogens is 1. The van der Waals surface area contributed by atoms with E-state index in [1.54, 1.807) is 10.4 Å². The van der Waals surface area contributed by atoms with Crippen LogP contribution >= 0.6 is 27.3 Å². The molecule has 0 amide bonds. The van der Waals surface area contributed by atoms with Crippen LogP contribution in [0.1, 0.15) is 29.2 Å². The smallest absolute Gasteiger partial charge is 0.0704 e. The SMILES string of the molecule is CC1c2sc(Br)cc2C2CNCC12. The Hall–Kier alpha value is 0.140. The largest absolute Gasteiger partial charge is 0.316 e. The zero-order chi connectivity index (χ0) is 9.00. The molecule has 1 aliphatic heterocycles. The standard InChI is InChI=1S/C10H12BrNS/c1-5-7-3-12-4-8(7)6-2-9(11)13-10(5)6/h2,5,7-8,12H,3-4H2,1H3. The minimum atomic E-state index is 0.770. The minimum Gasteiger partial charge on any atom is -0.316 e. The summed E-state index contributed by atoms with van der Waals surface area (Å²) in [5, 5.41) is 3.49. The molecular weight excluding hydrogens is 246 g/mol. The van der Waals surface area contributed by atoms with Crippen LogP contribution in [-0.4, -0.2) is 13.1 Å². The summed E-state index contributed by atoms with van der Waals surface area (Å²) in [7, 11) is 0. The second kappa shape index (κ2) is 2.81. The number of fused-ring (bicyclic) bond motifs is 3. The van der Waals surface area contributed by atoms with Gasteiger partial charge in [0.05, 0.1) is 3.79 Å². The zero-order valence-corrected chi connectivity index (χ0v) is 9.91. The molecule has 1 N–H and O–H groups in total. The second-order valence-corrected chi connectivity index (χ2v) is 6.55. The van der Waals surface area contributed by atoms with E-state index in [9.17, 15) is 0 Å². The molecule has 2 aliphatic rings. The zero-order valence-electron chi connectivity index (χ0n) is 7.51. The van der Waals surface area contributed by atoms with Crippen LogP contribution in [0.5, 0.6) is 0 Å². The van der Waals surface area contributed by atoms with Crippen molar-refractivity contribution in [3.8, 4) is 0 Å².